The standard InChI is InChI=1S/C15H20N2OS/c1-10(14(16)19)17(2)15(18)13-9-5-7-11-6-3-4-8-12(11)13/h3-4,6,8,10,13H,5,7,9H2,1-2H3,(H2,16,19). The summed E-state index contributed by atoms with van der Waals surface area (Å²) in [7, 11) is 1.78. The Morgan fingerprint density at radius 1 is 1.47 bits per heavy atom. The molecule has 2 N–H and O–H groups in total. The van der Waals surface area contributed by atoms with E-state index in [1.54, 1.807) is 11.9 Å². The van der Waals surface area contributed by atoms with Crippen molar-refractivity contribution in [2.24, 2.45) is 5.73 Å². The summed E-state index contributed by atoms with van der Waals surface area (Å²) >= 11 is 4.98. The topological polar surface area (TPSA) is 46.3 Å². The molecule has 0 saturated heterocycles. The molecule has 4 heteroatoms. The average molecular weight is 276 g/mol. The maximum atomic E-state index is 12.6. The summed E-state index contributed by atoms with van der Waals surface area (Å²) in [5, 5.41) is 0. The minimum Gasteiger partial charge on any atom is -0.392 e. The molecule has 0 bridgehead atoms. The van der Waals surface area contributed by atoms with Crippen molar-refractivity contribution >= 4 is 23.1 Å². The van der Waals surface area contributed by atoms with Gasteiger partial charge in [0.1, 0.15) is 0 Å². The number of thiocarbonyl (C=S) groups is 1. The quantitative estimate of drug-likeness (QED) is 0.861. The Bertz CT molecular complexity index is 501. The number of nitrogens with two attached hydrogens (primary N) is 1. The molecule has 0 saturated carbocycles. The molecule has 1 aliphatic carbocycles. The Morgan fingerprint density at radius 3 is 2.84 bits per heavy atom. The van der Waals surface area contributed by atoms with Gasteiger partial charge in [0.2, 0.25) is 5.91 Å². The average Bonchev–Trinajstić information content (AvgIpc) is 2.44. The summed E-state index contributed by atoms with van der Waals surface area (Å²) in [5.41, 5.74) is 8.10. The van der Waals surface area contributed by atoms with Crippen LogP contribution in [0.4, 0.5) is 0 Å². The molecule has 102 valence electrons. The molecular formula is C15H20N2OS. The van der Waals surface area contributed by atoms with Crippen LogP contribution in [0.3, 0.4) is 0 Å². The van der Waals surface area contributed by atoms with Crippen LogP contribution in [0.2, 0.25) is 0 Å². The predicted molar refractivity (Wildman–Crippen MR) is 81.1 cm³/mol. The number of hydrogen-bond donors (Lipinski definition) is 1. The van der Waals surface area contributed by atoms with Crippen molar-refractivity contribution in [1.29, 1.82) is 0 Å². The van der Waals surface area contributed by atoms with Crippen LogP contribution >= 0.6 is 12.2 Å². The van der Waals surface area contributed by atoms with Crippen LogP contribution in [-0.2, 0) is 11.2 Å². The highest BCUT2D eigenvalue weighted by atomic mass is 32.1. The zero-order valence-corrected chi connectivity index (χ0v) is 12.2. The summed E-state index contributed by atoms with van der Waals surface area (Å²) in [6.07, 6.45) is 3.03. The third kappa shape index (κ3) is 2.78. The van der Waals surface area contributed by atoms with Gasteiger partial charge in [-0.05, 0) is 37.3 Å². The van der Waals surface area contributed by atoms with Crippen LogP contribution < -0.4 is 5.73 Å². The van der Waals surface area contributed by atoms with Gasteiger partial charge in [0.05, 0.1) is 16.9 Å². The number of amides is 1. The molecule has 1 aromatic carbocycles. The second-order valence-corrected chi connectivity index (χ2v) is 5.64. The predicted octanol–water partition coefficient (Wildman–Crippen LogP) is 2.24. The van der Waals surface area contributed by atoms with E-state index < -0.39 is 0 Å². The van der Waals surface area contributed by atoms with Crippen LogP contribution in [0.25, 0.3) is 0 Å². The van der Waals surface area contributed by atoms with Gasteiger partial charge < -0.3 is 10.6 Å². The van der Waals surface area contributed by atoms with Gasteiger partial charge in [-0.2, -0.15) is 0 Å². The van der Waals surface area contributed by atoms with Gasteiger partial charge >= 0.3 is 0 Å². The fraction of sp³-hybridized carbons (Fsp3) is 0.467. The second-order valence-electron chi connectivity index (χ2n) is 5.17. The van der Waals surface area contributed by atoms with Gasteiger partial charge in [0, 0.05) is 7.05 Å². The SMILES string of the molecule is CC(C(N)=S)N(C)C(=O)C1CCCc2ccccc21. The highest BCUT2D eigenvalue weighted by molar-refractivity contribution is 7.80. The lowest BCUT2D eigenvalue weighted by Crippen LogP contribution is -2.45. The number of carbonyl (C=O) groups is 1. The van der Waals surface area contributed by atoms with Crippen LogP contribution in [0.1, 0.15) is 36.8 Å². The van der Waals surface area contributed by atoms with E-state index in [0.29, 0.717) is 4.99 Å². The molecule has 3 nitrogen and oxygen atoms in total. The summed E-state index contributed by atoms with van der Waals surface area (Å²) in [6, 6.07) is 8.02. The van der Waals surface area contributed by atoms with Crippen molar-refractivity contribution in [2.45, 2.75) is 38.1 Å². The summed E-state index contributed by atoms with van der Waals surface area (Å²) in [6.45, 7) is 1.87. The largest absolute Gasteiger partial charge is 0.392 e. The first-order chi connectivity index (χ1) is 9.02. The normalized spacial score (nSPS) is 19.4. The Kier molecular flexibility index (Phi) is 4.20. The molecule has 0 aliphatic heterocycles. The molecule has 2 unspecified atom stereocenters. The highest BCUT2D eigenvalue weighted by Gasteiger charge is 2.30. The van der Waals surface area contributed by atoms with Crippen LogP contribution in [0.15, 0.2) is 24.3 Å². The van der Waals surface area contributed by atoms with Gasteiger partial charge in [-0.3, -0.25) is 4.79 Å². The molecule has 2 rings (SSSR count). The number of fused-ring (bicyclic) bond motifs is 1. The van der Waals surface area contributed by atoms with E-state index in [0.717, 1.165) is 19.3 Å². The molecule has 1 amide bonds. The first-order valence-electron chi connectivity index (χ1n) is 6.66. The van der Waals surface area contributed by atoms with Gasteiger partial charge in [-0.1, -0.05) is 36.5 Å². The third-order valence-electron chi connectivity index (χ3n) is 4.01. The summed E-state index contributed by atoms with van der Waals surface area (Å²) in [4.78, 5) is 14.7. The third-order valence-corrected chi connectivity index (χ3v) is 4.35. The number of nitrogens with zero attached hydrogens (tertiary/aromatic N) is 1. The van der Waals surface area contributed by atoms with Crippen LogP contribution in [0, 0.1) is 0 Å². The minimum absolute atomic E-state index is 0.0493. The molecule has 2 atom stereocenters. The molecule has 1 aromatic rings. The first kappa shape index (κ1) is 14.0. The Hall–Kier alpha value is -1.42. The van der Waals surface area contributed by atoms with Crippen molar-refractivity contribution in [2.75, 3.05) is 7.05 Å². The number of rotatable bonds is 3. The Morgan fingerprint density at radius 2 is 2.16 bits per heavy atom. The van der Waals surface area contributed by atoms with E-state index in [1.807, 2.05) is 19.1 Å². The van der Waals surface area contributed by atoms with E-state index in [2.05, 4.69) is 12.1 Å². The molecule has 1 aliphatic rings. The van der Waals surface area contributed by atoms with Crippen molar-refractivity contribution < 1.29 is 4.79 Å². The number of aryl methyl sites for hydroxylation is 1. The Balaban J connectivity index is 2.24. The van der Waals surface area contributed by atoms with E-state index in [4.69, 9.17) is 18.0 Å². The molecule has 19 heavy (non-hydrogen) atoms. The molecule has 0 fully saturated rings. The van der Waals surface area contributed by atoms with E-state index in [-0.39, 0.29) is 17.9 Å². The molecule has 0 heterocycles. The van der Waals surface area contributed by atoms with Gasteiger partial charge in [0.15, 0.2) is 0 Å². The van der Waals surface area contributed by atoms with E-state index in [1.165, 1.54) is 11.1 Å². The number of carbonyl (C=O) groups excluding carboxylic acids is 1. The molecule has 0 spiro atoms. The van der Waals surface area contributed by atoms with Crippen molar-refractivity contribution in [1.82, 2.24) is 4.90 Å². The number of benzene rings is 1. The van der Waals surface area contributed by atoms with E-state index in [9.17, 15) is 4.79 Å². The maximum Gasteiger partial charge on any atom is 0.230 e. The lowest BCUT2D eigenvalue weighted by molar-refractivity contribution is -0.132. The van der Waals surface area contributed by atoms with Gasteiger partial charge in [-0.25, -0.2) is 0 Å². The monoisotopic (exact) mass is 276 g/mol. The lowest BCUT2D eigenvalue weighted by Gasteiger charge is -2.31. The fourth-order valence-corrected chi connectivity index (χ4v) is 2.80. The highest BCUT2D eigenvalue weighted by Crippen LogP contribution is 2.32. The van der Waals surface area contributed by atoms with Crippen molar-refractivity contribution in [3.8, 4) is 0 Å². The van der Waals surface area contributed by atoms with Crippen molar-refractivity contribution in [3.05, 3.63) is 35.4 Å². The van der Waals surface area contributed by atoms with E-state index >= 15 is 0 Å². The minimum atomic E-state index is -0.198. The zero-order chi connectivity index (χ0) is 14.0. The lowest BCUT2D eigenvalue weighted by atomic mass is 9.82. The van der Waals surface area contributed by atoms with Crippen LogP contribution in [-0.4, -0.2) is 28.9 Å². The fourth-order valence-electron chi connectivity index (χ4n) is 2.64. The number of hydrogen-bond acceptors (Lipinski definition) is 2. The summed E-state index contributed by atoms with van der Waals surface area (Å²) < 4.78 is 0. The Labute approximate surface area is 119 Å². The molecule has 0 aromatic heterocycles. The smallest absolute Gasteiger partial charge is 0.230 e. The zero-order valence-electron chi connectivity index (χ0n) is 11.4. The van der Waals surface area contributed by atoms with Gasteiger partial charge in [0.25, 0.3) is 0 Å². The number of likely N-dealkylation sites (N-methyl/N-ethyl adjacent to an activating group) is 1. The van der Waals surface area contributed by atoms with Crippen LogP contribution in [0.5, 0.6) is 0 Å². The second kappa shape index (κ2) is 5.70. The summed E-state index contributed by atoms with van der Waals surface area (Å²) in [5.74, 6) is 0.0687. The molecular weight excluding hydrogens is 256 g/mol. The molecule has 0 radical (unpaired) electrons. The van der Waals surface area contributed by atoms with Crippen molar-refractivity contribution in [3.63, 3.8) is 0 Å². The van der Waals surface area contributed by atoms with Gasteiger partial charge in [-0.15, -0.1) is 0 Å². The maximum absolute atomic E-state index is 12.6. The first-order valence-corrected chi connectivity index (χ1v) is 7.07.